The zero-order valence-corrected chi connectivity index (χ0v) is 14.4. The molecule has 128 valence electrons. The molecule has 4 nitrogen and oxygen atoms in total. The minimum Gasteiger partial charge on any atom is -0.489 e. The van der Waals surface area contributed by atoms with E-state index in [4.69, 9.17) is 9.26 Å². The van der Waals surface area contributed by atoms with Crippen molar-refractivity contribution in [2.45, 2.75) is 13.5 Å². The Labute approximate surface area is 152 Å². The highest BCUT2D eigenvalue weighted by atomic mass is 16.5. The third-order valence-corrected chi connectivity index (χ3v) is 4.03. The second-order valence-corrected chi connectivity index (χ2v) is 6.09. The number of hydrogen-bond donors (Lipinski definition) is 0. The molecule has 4 rings (SSSR count). The third kappa shape index (κ3) is 3.64. The molecule has 1 aromatic heterocycles. The van der Waals surface area contributed by atoms with Crippen molar-refractivity contribution in [3.8, 4) is 28.6 Å². The third-order valence-electron chi connectivity index (χ3n) is 4.03. The van der Waals surface area contributed by atoms with Crippen LogP contribution in [0.2, 0.25) is 0 Å². The quantitative estimate of drug-likeness (QED) is 0.494. The fraction of sp³-hybridized carbons (Fsp3) is 0.0909. The van der Waals surface area contributed by atoms with Crippen LogP contribution in [0.5, 0.6) is 5.75 Å². The van der Waals surface area contributed by atoms with E-state index in [-0.39, 0.29) is 0 Å². The summed E-state index contributed by atoms with van der Waals surface area (Å²) in [6.45, 7) is 2.56. The average Bonchev–Trinajstić information content (AvgIpc) is 3.18. The average molecular weight is 342 g/mol. The van der Waals surface area contributed by atoms with Gasteiger partial charge in [-0.05, 0) is 36.8 Å². The summed E-state index contributed by atoms with van der Waals surface area (Å²) in [7, 11) is 0. The van der Waals surface area contributed by atoms with Gasteiger partial charge in [0.05, 0.1) is 0 Å². The lowest BCUT2D eigenvalue weighted by molar-refractivity contribution is 0.306. The molecule has 0 saturated carbocycles. The molecule has 4 aromatic rings. The van der Waals surface area contributed by atoms with Crippen LogP contribution in [0, 0.1) is 6.92 Å². The van der Waals surface area contributed by atoms with Gasteiger partial charge in [0, 0.05) is 11.1 Å². The number of ether oxygens (including phenoxy) is 1. The molecule has 4 heteroatoms. The first-order valence-corrected chi connectivity index (χ1v) is 8.46. The maximum atomic E-state index is 5.87. The van der Waals surface area contributed by atoms with Crippen LogP contribution in [0.1, 0.15) is 11.1 Å². The molecule has 0 atom stereocenters. The maximum Gasteiger partial charge on any atom is 0.258 e. The standard InChI is InChI=1S/C22H18N2O2/c1-16-7-5-10-18(13-16)21-23-22(26-24-21)19-11-6-12-20(14-19)25-15-17-8-3-2-4-9-17/h2-14H,15H2,1H3. The molecule has 0 aliphatic rings. The molecule has 26 heavy (non-hydrogen) atoms. The van der Waals surface area contributed by atoms with Crippen LogP contribution in [0.4, 0.5) is 0 Å². The van der Waals surface area contributed by atoms with Crippen LogP contribution in [-0.2, 0) is 6.61 Å². The summed E-state index contributed by atoms with van der Waals surface area (Å²) in [6, 6.07) is 25.8. The minimum atomic E-state index is 0.478. The summed E-state index contributed by atoms with van der Waals surface area (Å²) in [4.78, 5) is 4.52. The predicted octanol–water partition coefficient (Wildman–Crippen LogP) is 5.29. The largest absolute Gasteiger partial charge is 0.489 e. The molecule has 0 aliphatic heterocycles. The van der Waals surface area contributed by atoms with Crippen molar-refractivity contribution >= 4 is 0 Å². The molecule has 0 saturated heterocycles. The Morgan fingerprint density at radius 3 is 2.50 bits per heavy atom. The predicted molar refractivity (Wildman–Crippen MR) is 101 cm³/mol. The van der Waals surface area contributed by atoms with E-state index in [1.54, 1.807) is 0 Å². The second kappa shape index (κ2) is 7.23. The maximum absolute atomic E-state index is 5.87. The molecule has 0 spiro atoms. The number of hydrogen-bond acceptors (Lipinski definition) is 4. The summed E-state index contributed by atoms with van der Waals surface area (Å²) in [5, 5.41) is 4.10. The van der Waals surface area contributed by atoms with Crippen molar-refractivity contribution in [3.05, 3.63) is 90.0 Å². The highest BCUT2D eigenvalue weighted by Crippen LogP contribution is 2.26. The van der Waals surface area contributed by atoms with E-state index >= 15 is 0 Å². The number of aryl methyl sites for hydroxylation is 1. The van der Waals surface area contributed by atoms with Crippen molar-refractivity contribution in [2.75, 3.05) is 0 Å². The van der Waals surface area contributed by atoms with E-state index in [9.17, 15) is 0 Å². The number of benzene rings is 3. The van der Waals surface area contributed by atoms with Crippen molar-refractivity contribution in [1.29, 1.82) is 0 Å². The van der Waals surface area contributed by atoms with Crippen molar-refractivity contribution in [3.63, 3.8) is 0 Å². The van der Waals surface area contributed by atoms with Gasteiger partial charge in [0.1, 0.15) is 12.4 Å². The Hall–Kier alpha value is -3.40. The molecule has 0 bridgehead atoms. The van der Waals surface area contributed by atoms with Crippen LogP contribution in [-0.4, -0.2) is 10.1 Å². The topological polar surface area (TPSA) is 48.2 Å². The molecular weight excluding hydrogens is 324 g/mol. The van der Waals surface area contributed by atoms with Gasteiger partial charge in [-0.2, -0.15) is 4.98 Å². The van der Waals surface area contributed by atoms with Crippen LogP contribution in [0.3, 0.4) is 0 Å². The molecule has 0 radical (unpaired) electrons. The van der Waals surface area contributed by atoms with Crippen LogP contribution >= 0.6 is 0 Å². The van der Waals surface area contributed by atoms with Crippen molar-refractivity contribution in [2.24, 2.45) is 0 Å². The summed E-state index contributed by atoms with van der Waals surface area (Å²) >= 11 is 0. The van der Waals surface area contributed by atoms with Gasteiger partial charge < -0.3 is 9.26 Å². The van der Waals surface area contributed by atoms with Crippen LogP contribution < -0.4 is 4.74 Å². The fourth-order valence-corrected chi connectivity index (χ4v) is 2.70. The summed E-state index contributed by atoms with van der Waals surface area (Å²) < 4.78 is 11.3. The Bertz CT molecular complexity index is 1010. The zero-order valence-electron chi connectivity index (χ0n) is 14.4. The van der Waals surface area contributed by atoms with Gasteiger partial charge in [0.2, 0.25) is 5.82 Å². The van der Waals surface area contributed by atoms with E-state index in [2.05, 4.69) is 10.1 Å². The minimum absolute atomic E-state index is 0.478. The van der Waals surface area contributed by atoms with E-state index < -0.39 is 0 Å². The van der Waals surface area contributed by atoms with Crippen LogP contribution in [0.25, 0.3) is 22.8 Å². The molecule has 1 heterocycles. The van der Waals surface area contributed by atoms with Gasteiger partial charge in [-0.1, -0.05) is 65.3 Å². The van der Waals surface area contributed by atoms with Gasteiger partial charge in [0.15, 0.2) is 0 Å². The van der Waals surface area contributed by atoms with Crippen LogP contribution in [0.15, 0.2) is 83.4 Å². The number of rotatable bonds is 5. The molecule has 3 aromatic carbocycles. The van der Waals surface area contributed by atoms with Gasteiger partial charge >= 0.3 is 0 Å². The molecule has 0 amide bonds. The molecule has 0 fully saturated rings. The molecule has 0 aliphatic carbocycles. The zero-order chi connectivity index (χ0) is 17.8. The molecule has 0 N–H and O–H groups in total. The summed E-state index contributed by atoms with van der Waals surface area (Å²) in [5.74, 6) is 1.83. The van der Waals surface area contributed by atoms with Crippen molar-refractivity contribution in [1.82, 2.24) is 10.1 Å². The first kappa shape index (κ1) is 16.1. The van der Waals surface area contributed by atoms with Gasteiger partial charge in [0.25, 0.3) is 5.89 Å². The first-order chi connectivity index (χ1) is 12.8. The van der Waals surface area contributed by atoms with Crippen molar-refractivity contribution < 1.29 is 9.26 Å². The monoisotopic (exact) mass is 342 g/mol. The Balaban J connectivity index is 1.53. The van der Waals surface area contributed by atoms with Gasteiger partial charge in [-0.15, -0.1) is 0 Å². The summed E-state index contributed by atoms with van der Waals surface area (Å²) in [5.41, 5.74) is 4.06. The SMILES string of the molecule is Cc1cccc(-c2noc(-c3cccc(OCc4ccccc4)c3)n2)c1. The summed E-state index contributed by atoms with van der Waals surface area (Å²) in [6.07, 6.45) is 0. The van der Waals surface area contributed by atoms with Gasteiger partial charge in [-0.3, -0.25) is 0 Å². The highest BCUT2D eigenvalue weighted by molar-refractivity contribution is 5.61. The smallest absolute Gasteiger partial charge is 0.258 e. The number of nitrogens with zero attached hydrogens (tertiary/aromatic N) is 2. The fourth-order valence-electron chi connectivity index (χ4n) is 2.70. The van der Waals surface area contributed by atoms with E-state index in [0.29, 0.717) is 18.3 Å². The molecular formula is C22H18N2O2. The lowest BCUT2D eigenvalue weighted by Gasteiger charge is -2.06. The lowest BCUT2D eigenvalue weighted by atomic mass is 10.1. The van der Waals surface area contributed by atoms with E-state index in [0.717, 1.165) is 28.0 Å². The first-order valence-electron chi connectivity index (χ1n) is 8.46. The highest BCUT2D eigenvalue weighted by Gasteiger charge is 2.11. The number of aromatic nitrogens is 2. The Morgan fingerprint density at radius 1 is 0.846 bits per heavy atom. The van der Waals surface area contributed by atoms with E-state index in [1.807, 2.05) is 85.8 Å². The lowest BCUT2D eigenvalue weighted by Crippen LogP contribution is -1.95. The Morgan fingerprint density at radius 2 is 1.65 bits per heavy atom. The molecule has 0 unspecified atom stereocenters. The normalized spacial score (nSPS) is 10.7. The second-order valence-electron chi connectivity index (χ2n) is 6.09. The van der Waals surface area contributed by atoms with E-state index in [1.165, 1.54) is 0 Å². The Kier molecular flexibility index (Phi) is 4.48. The van der Waals surface area contributed by atoms with Gasteiger partial charge in [-0.25, -0.2) is 0 Å².